The van der Waals surface area contributed by atoms with E-state index >= 15 is 0 Å². The van der Waals surface area contributed by atoms with Gasteiger partial charge in [0.2, 0.25) is 15.9 Å². The second kappa shape index (κ2) is 8.82. The van der Waals surface area contributed by atoms with Crippen molar-refractivity contribution in [2.24, 2.45) is 0 Å². The molecule has 2 aromatic rings. The zero-order chi connectivity index (χ0) is 20.2. The predicted octanol–water partition coefficient (Wildman–Crippen LogP) is 4.19. The Kier molecular flexibility index (Phi) is 6.97. The van der Waals surface area contributed by atoms with Gasteiger partial charge < -0.3 is 10.1 Å². The molecule has 0 aliphatic rings. The van der Waals surface area contributed by atoms with Crippen LogP contribution in [-0.4, -0.2) is 33.7 Å². The first-order valence-corrected chi connectivity index (χ1v) is 10.7. The van der Waals surface area contributed by atoms with Crippen molar-refractivity contribution in [3.63, 3.8) is 0 Å². The van der Waals surface area contributed by atoms with Crippen molar-refractivity contribution in [2.75, 3.05) is 23.0 Å². The number of carbonyl (C=O) groups is 1. The van der Waals surface area contributed by atoms with E-state index in [-0.39, 0.29) is 6.42 Å². The van der Waals surface area contributed by atoms with E-state index in [1.54, 1.807) is 43.3 Å². The molecule has 27 heavy (non-hydrogen) atoms. The molecule has 9 heteroatoms. The summed E-state index contributed by atoms with van der Waals surface area (Å²) in [6, 6.07) is 10.1. The second-order valence-electron chi connectivity index (χ2n) is 5.80. The molecule has 0 fully saturated rings. The number of methoxy groups -OCH3 is 1. The van der Waals surface area contributed by atoms with Gasteiger partial charge in [0.15, 0.2) is 0 Å². The van der Waals surface area contributed by atoms with Gasteiger partial charge in [0, 0.05) is 10.7 Å². The maximum absolute atomic E-state index is 12.8. The third kappa shape index (κ3) is 5.28. The van der Waals surface area contributed by atoms with Crippen LogP contribution < -0.4 is 14.4 Å². The largest absolute Gasteiger partial charge is 0.495 e. The molecule has 0 aliphatic heterocycles. The lowest BCUT2D eigenvalue weighted by Crippen LogP contribution is -2.47. The number of nitrogens with zero attached hydrogens (tertiary/aromatic N) is 1. The molecule has 0 aliphatic carbocycles. The van der Waals surface area contributed by atoms with E-state index in [2.05, 4.69) is 5.32 Å². The summed E-state index contributed by atoms with van der Waals surface area (Å²) in [4.78, 5) is 12.8. The Balaban J connectivity index is 2.34. The lowest BCUT2D eigenvalue weighted by Gasteiger charge is -2.30. The second-order valence-corrected chi connectivity index (χ2v) is 8.50. The van der Waals surface area contributed by atoms with Crippen molar-refractivity contribution in [1.82, 2.24) is 0 Å². The molecule has 0 bridgehead atoms. The van der Waals surface area contributed by atoms with Crippen molar-refractivity contribution in [3.05, 3.63) is 52.5 Å². The van der Waals surface area contributed by atoms with Crippen LogP contribution in [0, 0.1) is 0 Å². The molecule has 2 rings (SSSR count). The average molecular weight is 431 g/mol. The molecular weight excluding hydrogens is 411 g/mol. The molecule has 0 radical (unpaired) electrons. The van der Waals surface area contributed by atoms with Gasteiger partial charge in [-0.05, 0) is 48.9 Å². The number of hydrogen-bond donors (Lipinski definition) is 1. The maximum atomic E-state index is 12.8. The van der Waals surface area contributed by atoms with Crippen LogP contribution in [0.2, 0.25) is 10.0 Å². The fourth-order valence-corrected chi connectivity index (χ4v) is 4.21. The highest BCUT2D eigenvalue weighted by atomic mass is 35.5. The first kappa shape index (κ1) is 21.3. The van der Waals surface area contributed by atoms with Crippen LogP contribution in [0.1, 0.15) is 13.3 Å². The number of hydrogen-bond acceptors (Lipinski definition) is 4. The Morgan fingerprint density at radius 3 is 2.30 bits per heavy atom. The van der Waals surface area contributed by atoms with Crippen LogP contribution in [0.3, 0.4) is 0 Å². The molecule has 2 aromatic carbocycles. The molecule has 0 aromatic heterocycles. The van der Waals surface area contributed by atoms with Gasteiger partial charge in [0.05, 0.1) is 24.1 Å². The summed E-state index contributed by atoms with van der Waals surface area (Å²) in [7, 11) is -2.23. The quantitative estimate of drug-likeness (QED) is 0.714. The number of ether oxygens (including phenoxy) is 1. The third-order valence-corrected chi connectivity index (χ3v) is 5.56. The zero-order valence-corrected chi connectivity index (χ0v) is 17.4. The van der Waals surface area contributed by atoms with Gasteiger partial charge in [0.25, 0.3) is 0 Å². The van der Waals surface area contributed by atoms with E-state index in [9.17, 15) is 13.2 Å². The highest BCUT2D eigenvalue weighted by molar-refractivity contribution is 7.92. The number of rotatable bonds is 7. The fraction of sp³-hybridized carbons (Fsp3) is 0.278. The lowest BCUT2D eigenvalue weighted by molar-refractivity contribution is -0.117. The van der Waals surface area contributed by atoms with Crippen molar-refractivity contribution >= 4 is 50.5 Å². The van der Waals surface area contributed by atoms with Crippen LogP contribution in [0.5, 0.6) is 5.75 Å². The molecule has 1 amide bonds. The molecule has 6 nitrogen and oxygen atoms in total. The summed E-state index contributed by atoms with van der Waals surface area (Å²) < 4.78 is 30.9. The number of carbonyl (C=O) groups excluding carboxylic acids is 1. The first-order valence-electron chi connectivity index (χ1n) is 8.06. The van der Waals surface area contributed by atoms with Crippen molar-refractivity contribution in [2.45, 2.75) is 19.4 Å². The zero-order valence-electron chi connectivity index (χ0n) is 15.1. The predicted molar refractivity (Wildman–Crippen MR) is 109 cm³/mol. The van der Waals surface area contributed by atoms with E-state index < -0.39 is 22.0 Å². The van der Waals surface area contributed by atoms with Gasteiger partial charge in [-0.25, -0.2) is 8.42 Å². The summed E-state index contributed by atoms with van der Waals surface area (Å²) in [5.74, 6) is -0.000238. The van der Waals surface area contributed by atoms with E-state index in [4.69, 9.17) is 27.9 Å². The van der Waals surface area contributed by atoms with E-state index in [1.165, 1.54) is 13.2 Å². The van der Waals surface area contributed by atoms with E-state index in [1.807, 2.05) is 0 Å². The Labute approximate surface area is 169 Å². The summed E-state index contributed by atoms with van der Waals surface area (Å²) in [6.45, 7) is 1.74. The minimum Gasteiger partial charge on any atom is -0.495 e. The number of sulfonamides is 1. The van der Waals surface area contributed by atoms with Crippen molar-refractivity contribution < 1.29 is 17.9 Å². The molecule has 1 atom stereocenters. The minimum atomic E-state index is -3.71. The average Bonchev–Trinajstić information content (AvgIpc) is 2.59. The first-order chi connectivity index (χ1) is 12.7. The molecule has 1 N–H and O–H groups in total. The number of benzene rings is 2. The third-order valence-electron chi connectivity index (χ3n) is 3.83. The van der Waals surface area contributed by atoms with Crippen LogP contribution in [0.15, 0.2) is 42.5 Å². The van der Waals surface area contributed by atoms with E-state index in [0.29, 0.717) is 27.2 Å². The summed E-state index contributed by atoms with van der Waals surface area (Å²) in [5, 5.41) is 3.51. The van der Waals surface area contributed by atoms with Gasteiger partial charge in [-0.3, -0.25) is 9.10 Å². The van der Waals surface area contributed by atoms with Gasteiger partial charge in [-0.2, -0.15) is 0 Å². The van der Waals surface area contributed by atoms with Gasteiger partial charge in [0.1, 0.15) is 11.8 Å². The molecule has 0 saturated carbocycles. The number of halogens is 2. The normalized spacial score (nSPS) is 12.3. The molecule has 0 heterocycles. The van der Waals surface area contributed by atoms with Crippen LogP contribution in [0.4, 0.5) is 11.4 Å². The number of anilines is 2. The van der Waals surface area contributed by atoms with Gasteiger partial charge in [-0.1, -0.05) is 30.1 Å². The Bertz CT molecular complexity index is 917. The van der Waals surface area contributed by atoms with Gasteiger partial charge in [-0.15, -0.1) is 0 Å². The SMILES string of the molecule is CC[C@@H](C(=O)Nc1ccc(OC)c(Cl)c1)N(c1ccc(Cl)cc1)S(C)(=O)=O. The topological polar surface area (TPSA) is 75.7 Å². The van der Waals surface area contributed by atoms with Gasteiger partial charge >= 0.3 is 0 Å². The van der Waals surface area contributed by atoms with Crippen molar-refractivity contribution in [1.29, 1.82) is 0 Å². The maximum Gasteiger partial charge on any atom is 0.248 e. The summed E-state index contributed by atoms with van der Waals surface area (Å²) in [6.07, 6.45) is 1.33. The highest BCUT2D eigenvalue weighted by Crippen LogP contribution is 2.28. The van der Waals surface area contributed by atoms with E-state index in [0.717, 1.165) is 10.6 Å². The number of amides is 1. The highest BCUT2D eigenvalue weighted by Gasteiger charge is 2.31. The lowest BCUT2D eigenvalue weighted by atomic mass is 10.1. The molecule has 0 spiro atoms. The van der Waals surface area contributed by atoms with Crippen LogP contribution in [0.25, 0.3) is 0 Å². The summed E-state index contributed by atoms with van der Waals surface area (Å²) in [5.41, 5.74) is 0.797. The smallest absolute Gasteiger partial charge is 0.248 e. The molecule has 0 saturated heterocycles. The standard InChI is InChI=1S/C18H20Cl2N2O4S/c1-4-16(18(23)21-13-7-10-17(26-2)15(20)11-13)22(27(3,24)25)14-8-5-12(19)6-9-14/h5-11,16H,4H2,1-3H3,(H,21,23)/t16-/m0/s1. The monoisotopic (exact) mass is 430 g/mol. The Morgan fingerprint density at radius 2 is 1.81 bits per heavy atom. The Hall–Kier alpha value is -1.96. The number of nitrogens with one attached hydrogen (secondary N) is 1. The minimum absolute atomic E-state index is 0.269. The van der Waals surface area contributed by atoms with Crippen LogP contribution in [-0.2, 0) is 14.8 Å². The molecule has 0 unspecified atom stereocenters. The van der Waals surface area contributed by atoms with Crippen molar-refractivity contribution in [3.8, 4) is 5.75 Å². The fourth-order valence-electron chi connectivity index (χ4n) is 2.62. The van der Waals surface area contributed by atoms with Crippen LogP contribution >= 0.6 is 23.2 Å². The molecular formula is C18H20Cl2N2O4S. The summed E-state index contributed by atoms with van der Waals surface area (Å²) >= 11 is 12.0. The molecule has 146 valence electrons. The Morgan fingerprint density at radius 1 is 1.19 bits per heavy atom.